The monoisotopic (exact) mass is 375 g/mol. The maximum Gasteiger partial charge on any atom is 0.257 e. The standard InChI is InChI=1S/C17H14FN3O2S2/c1-10(22)19-8-13-6-7-15(25-13)14-9-24-17(20-14)21-16(23)11-2-4-12(18)5-3-11/h2-7,9H,8H2,1H3,(H,19,22)(H,20,21,23). The van der Waals surface area contributed by atoms with E-state index in [2.05, 4.69) is 15.6 Å². The number of thiazole rings is 1. The highest BCUT2D eigenvalue weighted by Gasteiger charge is 2.11. The number of nitrogens with zero attached hydrogens (tertiary/aromatic N) is 1. The SMILES string of the molecule is CC(=O)NCc1ccc(-c2csc(NC(=O)c3ccc(F)cc3)n2)s1. The summed E-state index contributed by atoms with van der Waals surface area (Å²) in [5.41, 5.74) is 1.13. The first-order chi connectivity index (χ1) is 12.0. The van der Waals surface area contributed by atoms with Crippen LogP contribution in [0.2, 0.25) is 0 Å². The van der Waals surface area contributed by atoms with Crippen molar-refractivity contribution >= 4 is 39.6 Å². The highest BCUT2D eigenvalue weighted by Crippen LogP contribution is 2.31. The Bertz CT molecular complexity index is 903. The minimum Gasteiger partial charge on any atom is -0.351 e. The van der Waals surface area contributed by atoms with Gasteiger partial charge >= 0.3 is 0 Å². The number of carbonyl (C=O) groups excluding carboxylic acids is 2. The Morgan fingerprint density at radius 2 is 1.92 bits per heavy atom. The summed E-state index contributed by atoms with van der Waals surface area (Å²) >= 11 is 2.85. The molecule has 0 aliphatic carbocycles. The molecule has 0 spiro atoms. The summed E-state index contributed by atoms with van der Waals surface area (Å²) in [6.45, 7) is 1.96. The first-order valence-corrected chi connectivity index (χ1v) is 9.07. The summed E-state index contributed by atoms with van der Waals surface area (Å²) in [4.78, 5) is 29.5. The van der Waals surface area contributed by atoms with Gasteiger partial charge in [-0.1, -0.05) is 0 Å². The molecule has 25 heavy (non-hydrogen) atoms. The lowest BCUT2D eigenvalue weighted by Crippen LogP contribution is -2.17. The van der Waals surface area contributed by atoms with Crippen molar-refractivity contribution in [3.8, 4) is 10.6 Å². The minimum absolute atomic E-state index is 0.0746. The molecule has 8 heteroatoms. The van der Waals surface area contributed by atoms with Crippen LogP contribution in [-0.2, 0) is 11.3 Å². The van der Waals surface area contributed by atoms with Crippen LogP contribution in [0.5, 0.6) is 0 Å². The molecule has 2 aromatic heterocycles. The van der Waals surface area contributed by atoms with E-state index in [-0.39, 0.29) is 17.6 Å². The molecule has 5 nitrogen and oxygen atoms in total. The van der Waals surface area contributed by atoms with Crippen molar-refractivity contribution in [1.82, 2.24) is 10.3 Å². The van der Waals surface area contributed by atoms with E-state index in [9.17, 15) is 14.0 Å². The quantitative estimate of drug-likeness (QED) is 0.710. The van der Waals surface area contributed by atoms with E-state index in [1.165, 1.54) is 53.9 Å². The third-order valence-corrected chi connectivity index (χ3v) is 5.12. The first-order valence-electron chi connectivity index (χ1n) is 7.37. The molecule has 0 saturated carbocycles. The van der Waals surface area contributed by atoms with E-state index < -0.39 is 0 Å². The van der Waals surface area contributed by atoms with Gasteiger partial charge in [0.15, 0.2) is 5.13 Å². The van der Waals surface area contributed by atoms with Gasteiger partial charge in [-0.2, -0.15) is 0 Å². The van der Waals surface area contributed by atoms with E-state index in [0.29, 0.717) is 17.2 Å². The number of halogens is 1. The summed E-state index contributed by atoms with van der Waals surface area (Å²) in [5, 5.41) is 7.79. The molecule has 2 heterocycles. The summed E-state index contributed by atoms with van der Waals surface area (Å²) < 4.78 is 12.9. The zero-order valence-corrected chi connectivity index (χ0v) is 14.8. The summed E-state index contributed by atoms with van der Waals surface area (Å²) in [7, 11) is 0. The Kier molecular flexibility index (Phi) is 5.20. The predicted octanol–water partition coefficient (Wildman–Crippen LogP) is 3.90. The smallest absolute Gasteiger partial charge is 0.257 e. The second-order valence-corrected chi connectivity index (χ2v) is 7.20. The van der Waals surface area contributed by atoms with Crippen LogP contribution < -0.4 is 10.6 Å². The van der Waals surface area contributed by atoms with Gasteiger partial charge in [0.2, 0.25) is 5.91 Å². The van der Waals surface area contributed by atoms with Crippen LogP contribution in [0.4, 0.5) is 9.52 Å². The van der Waals surface area contributed by atoms with Gasteiger partial charge in [-0.15, -0.1) is 22.7 Å². The van der Waals surface area contributed by atoms with Gasteiger partial charge in [0, 0.05) is 22.7 Å². The molecule has 2 amide bonds. The fraction of sp³-hybridized carbons (Fsp3) is 0.118. The van der Waals surface area contributed by atoms with Gasteiger partial charge in [0.1, 0.15) is 5.82 Å². The number of anilines is 1. The van der Waals surface area contributed by atoms with E-state index in [0.717, 1.165) is 15.4 Å². The molecule has 0 bridgehead atoms. The lowest BCUT2D eigenvalue weighted by Gasteiger charge is -2.01. The second-order valence-electron chi connectivity index (χ2n) is 5.17. The Hall–Kier alpha value is -2.58. The normalized spacial score (nSPS) is 10.5. The number of carbonyl (C=O) groups is 2. The van der Waals surface area contributed by atoms with Crippen molar-refractivity contribution in [1.29, 1.82) is 0 Å². The Labute approximate surface area is 151 Å². The summed E-state index contributed by atoms with van der Waals surface area (Å²) in [6.07, 6.45) is 0. The van der Waals surface area contributed by atoms with Crippen molar-refractivity contribution in [2.75, 3.05) is 5.32 Å². The maximum absolute atomic E-state index is 12.9. The molecule has 0 unspecified atom stereocenters. The molecule has 0 saturated heterocycles. The molecule has 0 aliphatic rings. The van der Waals surface area contributed by atoms with Crippen LogP contribution >= 0.6 is 22.7 Å². The fourth-order valence-corrected chi connectivity index (χ4v) is 3.73. The van der Waals surface area contributed by atoms with Crippen molar-refractivity contribution < 1.29 is 14.0 Å². The van der Waals surface area contributed by atoms with Gasteiger partial charge in [0.25, 0.3) is 5.91 Å². The largest absolute Gasteiger partial charge is 0.351 e. The number of aromatic nitrogens is 1. The molecule has 1 aromatic carbocycles. The number of nitrogens with one attached hydrogen (secondary N) is 2. The summed E-state index contributed by atoms with van der Waals surface area (Å²) in [5.74, 6) is -0.798. The topological polar surface area (TPSA) is 71.1 Å². The highest BCUT2D eigenvalue weighted by atomic mass is 32.1. The maximum atomic E-state index is 12.9. The van der Waals surface area contributed by atoms with E-state index >= 15 is 0 Å². The van der Waals surface area contributed by atoms with Crippen LogP contribution in [-0.4, -0.2) is 16.8 Å². The highest BCUT2D eigenvalue weighted by molar-refractivity contribution is 7.17. The van der Waals surface area contributed by atoms with Crippen LogP contribution in [0.15, 0.2) is 41.8 Å². The average molecular weight is 375 g/mol. The Morgan fingerprint density at radius 3 is 2.64 bits per heavy atom. The van der Waals surface area contributed by atoms with Crippen molar-refractivity contribution in [2.24, 2.45) is 0 Å². The lowest BCUT2D eigenvalue weighted by atomic mass is 10.2. The zero-order chi connectivity index (χ0) is 17.8. The van der Waals surface area contributed by atoms with Crippen molar-refractivity contribution in [3.05, 3.63) is 58.0 Å². The fourth-order valence-electron chi connectivity index (χ4n) is 2.04. The lowest BCUT2D eigenvalue weighted by molar-refractivity contribution is -0.119. The molecule has 0 atom stereocenters. The molecule has 0 aliphatic heterocycles. The van der Waals surface area contributed by atoms with Crippen molar-refractivity contribution in [3.63, 3.8) is 0 Å². The molecule has 2 N–H and O–H groups in total. The van der Waals surface area contributed by atoms with Gasteiger partial charge in [0.05, 0.1) is 17.1 Å². The molecule has 3 aromatic rings. The molecule has 0 fully saturated rings. The summed E-state index contributed by atoms with van der Waals surface area (Å²) in [6, 6.07) is 9.20. The average Bonchev–Trinajstić information content (AvgIpc) is 3.22. The minimum atomic E-state index is -0.388. The molecule has 3 rings (SSSR count). The number of hydrogen-bond donors (Lipinski definition) is 2. The molecular weight excluding hydrogens is 361 g/mol. The molecular formula is C17H14FN3O2S2. The van der Waals surface area contributed by atoms with Crippen molar-refractivity contribution in [2.45, 2.75) is 13.5 Å². The van der Waals surface area contributed by atoms with Gasteiger partial charge in [-0.05, 0) is 36.4 Å². The first kappa shape index (κ1) is 17.2. The van der Waals surface area contributed by atoms with Gasteiger partial charge in [-0.25, -0.2) is 9.37 Å². The van der Waals surface area contributed by atoms with E-state index in [1.54, 1.807) is 0 Å². The Morgan fingerprint density at radius 1 is 1.16 bits per heavy atom. The molecule has 0 radical (unpaired) electrons. The molecule has 128 valence electrons. The number of rotatable bonds is 5. The number of amides is 2. The van der Waals surface area contributed by atoms with Crippen LogP contribution in [0, 0.1) is 5.82 Å². The van der Waals surface area contributed by atoms with E-state index in [1.807, 2.05) is 17.5 Å². The van der Waals surface area contributed by atoms with Crippen LogP contribution in [0.1, 0.15) is 22.2 Å². The predicted molar refractivity (Wildman–Crippen MR) is 97.3 cm³/mol. The van der Waals surface area contributed by atoms with E-state index in [4.69, 9.17) is 0 Å². The number of thiophene rings is 1. The van der Waals surface area contributed by atoms with Crippen LogP contribution in [0.25, 0.3) is 10.6 Å². The number of benzene rings is 1. The van der Waals surface area contributed by atoms with Gasteiger partial charge < -0.3 is 5.32 Å². The third-order valence-electron chi connectivity index (χ3n) is 3.26. The second kappa shape index (κ2) is 7.54. The zero-order valence-electron chi connectivity index (χ0n) is 13.2. The van der Waals surface area contributed by atoms with Crippen LogP contribution in [0.3, 0.4) is 0 Å². The number of hydrogen-bond acceptors (Lipinski definition) is 5. The van der Waals surface area contributed by atoms with Gasteiger partial charge in [-0.3, -0.25) is 14.9 Å². The Balaban J connectivity index is 1.67. The third kappa shape index (κ3) is 4.49.